The second kappa shape index (κ2) is 20.9. The molecule has 0 fully saturated rings. The third-order valence-electron chi connectivity index (χ3n) is 15.8. The molecule has 81 heavy (non-hydrogen) atoms. The molecule has 1 heterocycles. The van der Waals surface area contributed by atoms with Crippen LogP contribution >= 0.6 is 22.9 Å². The Kier molecular flexibility index (Phi) is 13.3. The molecule has 0 bridgehead atoms. The minimum Gasteiger partial charge on any atom is -0.310 e. The SMILES string of the molecule is CC(C)(C)c1cc(N(c2cccc(N(c3ccccc3)c3ccccc3)c2)c2ccc3ccccc3c2)c(Cl)c(N(c2ccc3c(-c4ccccc4)c4ccccc4c(-c4ccccc4)c3c2)c2csc3ccc(C(C)(C)C)cc23)c1. The molecule has 0 saturated heterocycles. The molecule has 0 radical (unpaired) electrons. The van der Waals surface area contributed by atoms with Gasteiger partial charge in [0.05, 0.1) is 22.1 Å². The summed E-state index contributed by atoms with van der Waals surface area (Å²) in [5, 5.41) is 11.2. The Bertz CT molecular complexity index is 4400. The summed E-state index contributed by atoms with van der Waals surface area (Å²) in [5.74, 6) is 0. The van der Waals surface area contributed by atoms with Crippen molar-refractivity contribution >= 4 is 117 Å². The highest BCUT2D eigenvalue weighted by molar-refractivity contribution is 7.17. The summed E-state index contributed by atoms with van der Waals surface area (Å²) in [6, 6.07) is 95.0. The maximum atomic E-state index is 8.49. The number of hydrogen-bond donors (Lipinski definition) is 0. The summed E-state index contributed by atoms with van der Waals surface area (Å²) in [6.07, 6.45) is 0. The molecule has 0 unspecified atom stereocenters. The van der Waals surface area contributed by atoms with Crippen molar-refractivity contribution in [2.75, 3.05) is 14.7 Å². The van der Waals surface area contributed by atoms with Crippen molar-refractivity contribution in [1.82, 2.24) is 0 Å². The fourth-order valence-corrected chi connectivity index (χ4v) is 12.9. The molecule has 3 nitrogen and oxygen atoms in total. The van der Waals surface area contributed by atoms with Crippen LogP contribution in [0.4, 0.5) is 51.2 Å². The van der Waals surface area contributed by atoms with Gasteiger partial charge in [0, 0.05) is 49.6 Å². The molecule has 0 aliphatic heterocycles. The van der Waals surface area contributed by atoms with Gasteiger partial charge in [0.15, 0.2) is 0 Å². The van der Waals surface area contributed by atoms with E-state index in [4.69, 9.17) is 11.6 Å². The summed E-state index contributed by atoms with van der Waals surface area (Å²) < 4.78 is 1.21. The lowest BCUT2D eigenvalue weighted by molar-refractivity contribution is 0.590. The van der Waals surface area contributed by atoms with Crippen LogP contribution in [0.25, 0.3) is 64.7 Å². The second-order valence-electron chi connectivity index (χ2n) is 23.1. The predicted molar refractivity (Wildman–Crippen MR) is 352 cm³/mol. The van der Waals surface area contributed by atoms with E-state index in [2.05, 4.69) is 322 Å². The van der Waals surface area contributed by atoms with Gasteiger partial charge in [0.1, 0.15) is 0 Å². The van der Waals surface area contributed by atoms with Gasteiger partial charge in [-0.2, -0.15) is 0 Å². The Morgan fingerprint density at radius 1 is 0.309 bits per heavy atom. The fraction of sp³-hybridized carbons (Fsp3) is 0.105. The van der Waals surface area contributed by atoms with Crippen LogP contribution in [-0.4, -0.2) is 0 Å². The van der Waals surface area contributed by atoms with Crippen LogP contribution in [0.15, 0.2) is 266 Å². The van der Waals surface area contributed by atoms with Crippen LogP contribution in [-0.2, 0) is 10.8 Å². The predicted octanol–water partition coefficient (Wildman–Crippen LogP) is 23.4. The van der Waals surface area contributed by atoms with E-state index in [1.54, 1.807) is 11.3 Å². The van der Waals surface area contributed by atoms with E-state index in [-0.39, 0.29) is 10.8 Å². The topological polar surface area (TPSA) is 9.72 Å². The lowest BCUT2D eigenvalue weighted by Gasteiger charge is -2.34. The number of halogens is 1. The third-order valence-corrected chi connectivity index (χ3v) is 17.1. The first-order chi connectivity index (χ1) is 39.4. The molecular formula is C76H62ClN3S. The normalized spacial score (nSPS) is 11.9. The first kappa shape index (κ1) is 51.5. The highest BCUT2D eigenvalue weighted by Crippen LogP contribution is 2.54. The Morgan fingerprint density at radius 2 is 0.778 bits per heavy atom. The van der Waals surface area contributed by atoms with E-state index >= 15 is 0 Å². The van der Waals surface area contributed by atoms with Crippen LogP contribution in [0.3, 0.4) is 0 Å². The van der Waals surface area contributed by atoms with E-state index in [0.29, 0.717) is 5.02 Å². The standard InChI is InChI=1S/C76H62ClN3S/c1-75(2,3)55-39-43-71-67(45-55)70(50-81-71)80(62-41-42-65-66(49-62)73(53-27-13-8-14-28-53)64-37-22-21-36-63(64)72(65)52-25-11-7-12-26-52)69-47-56(76(4,5)6)46-68(74(69)77)79(61-40-38-51-24-19-20-29-54(51)44-61)60-35-23-34-59(48-60)78(57-30-15-9-16-31-57)58-32-17-10-18-33-58/h7-50H,1-6H3. The van der Waals surface area contributed by atoms with Crippen LogP contribution in [0, 0.1) is 0 Å². The molecule has 0 spiro atoms. The van der Waals surface area contributed by atoms with E-state index in [1.165, 1.54) is 59.4 Å². The molecule has 0 aliphatic carbocycles. The van der Waals surface area contributed by atoms with Gasteiger partial charge in [0.2, 0.25) is 0 Å². The fourth-order valence-electron chi connectivity index (χ4n) is 11.7. The van der Waals surface area contributed by atoms with Gasteiger partial charge < -0.3 is 14.7 Å². The van der Waals surface area contributed by atoms with Crippen LogP contribution in [0.5, 0.6) is 0 Å². The number of benzene rings is 12. The third kappa shape index (κ3) is 9.69. The maximum absolute atomic E-state index is 8.49. The molecule has 0 amide bonds. The van der Waals surface area contributed by atoms with Gasteiger partial charge in [-0.05, 0) is 168 Å². The van der Waals surface area contributed by atoms with Crippen molar-refractivity contribution in [3.63, 3.8) is 0 Å². The number of rotatable bonds is 11. The number of hydrogen-bond acceptors (Lipinski definition) is 4. The van der Waals surface area contributed by atoms with Gasteiger partial charge in [0.25, 0.3) is 0 Å². The average Bonchev–Trinajstić information content (AvgIpc) is 4.02. The zero-order valence-corrected chi connectivity index (χ0v) is 48.1. The molecule has 1 aromatic heterocycles. The molecular weight excluding hydrogens is 1020 g/mol. The Balaban J connectivity index is 1.12. The van der Waals surface area contributed by atoms with E-state index in [9.17, 15) is 0 Å². The van der Waals surface area contributed by atoms with E-state index in [1.807, 2.05) is 0 Å². The van der Waals surface area contributed by atoms with Gasteiger partial charge in [-0.25, -0.2) is 0 Å². The van der Waals surface area contributed by atoms with Crippen molar-refractivity contribution in [3.05, 3.63) is 282 Å². The Labute approximate surface area is 485 Å². The average molecular weight is 1080 g/mol. The number of nitrogens with zero attached hydrogens (tertiary/aromatic N) is 3. The van der Waals surface area contributed by atoms with Gasteiger partial charge >= 0.3 is 0 Å². The van der Waals surface area contributed by atoms with Gasteiger partial charge in [-0.15, -0.1) is 11.3 Å². The monoisotopic (exact) mass is 1080 g/mol. The van der Waals surface area contributed by atoms with Gasteiger partial charge in [-0.1, -0.05) is 223 Å². The Morgan fingerprint density at radius 3 is 1.38 bits per heavy atom. The number of fused-ring (bicyclic) bond motifs is 4. The van der Waals surface area contributed by atoms with Crippen LogP contribution in [0.1, 0.15) is 52.7 Å². The number of thiophene rings is 1. The molecule has 0 N–H and O–H groups in total. The van der Waals surface area contributed by atoms with Crippen LogP contribution < -0.4 is 14.7 Å². The minimum atomic E-state index is -0.294. The van der Waals surface area contributed by atoms with Crippen molar-refractivity contribution in [3.8, 4) is 22.3 Å². The summed E-state index contributed by atoms with van der Waals surface area (Å²) in [4.78, 5) is 7.16. The molecule has 5 heteroatoms. The first-order valence-electron chi connectivity index (χ1n) is 27.9. The van der Waals surface area contributed by atoms with Crippen molar-refractivity contribution in [2.45, 2.75) is 52.4 Å². The summed E-state index contributed by atoms with van der Waals surface area (Å²) in [5.41, 5.74) is 15.8. The molecule has 0 saturated carbocycles. The van der Waals surface area contributed by atoms with Crippen molar-refractivity contribution in [2.24, 2.45) is 0 Å². The van der Waals surface area contributed by atoms with Crippen molar-refractivity contribution < 1.29 is 0 Å². The highest BCUT2D eigenvalue weighted by Gasteiger charge is 2.30. The number of anilines is 9. The molecule has 12 aromatic carbocycles. The largest absolute Gasteiger partial charge is 0.310 e. The lowest BCUT2D eigenvalue weighted by atomic mass is 9.85. The van der Waals surface area contributed by atoms with E-state index in [0.717, 1.165) is 67.5 Å². The molecule has 13 aromatic rings. The van der Waals surface area contributed by atoms with Crippen molar-refractivity contribution in [1.29, 1.82) is 0 Å². The van der Waals surface area contributed by atoms with E-state index < -0.39 is 0 Å². The number of para-hydroxylation sites is 2. The van der Waals surface area contributed by atoms with Gasteiger partial charge in [-0.3, -0.25) is 0 Å². The highest BCUT2D eigenvalue weighted by atomic mass is 35.5. The first-order valence-corrected chi connectivity index (χ1v) is 29.2. The molecule has 394 valence electrons. The lowest BCUT2D eigenvalue weighted by Crippen LogP contribution is -2.19. The zero-order chi connectivity index (χ0) is 55.4. The zero-order valence-electron chi connectivity index (χ0n) is 46.5. The maximum Gasteiger partial charge on any atom is 0.0887 e. The molecule has 13 rings (SSSR count). The van der Waals surface area contributed by atoms with Crippen LogP contribution in [0.2, 0.25) is 5.02 Å². The summed E-state index contributed by atoms with van der Waals surface area (Å²) in [7, 11) is 0. The summed E-state index contributed by atoms with van der Waals surface area (Å²) >= 11 is 10.3. The Hall–Kier alpha value is -8.93. The quantitative estimate of drug-likeness (QED) is 0.120. The minimum absolute atomic E-state index is 0.0802. The summed E-state index contributed by atoms with van der Waals surface area (Å²) in [6.45, 7) is 13.8. The smallest absolute Gasteiger partial charge is 0.0887 e. The second-order valence-corrected chi connectivity index (χ2v) is 24.4. The molecule has 0 aliphatic rings. The molecule has 0 atom stereocenters.